The van der Waals surface area contributed by atoms with E-state index < -0.39 is 11.6 Å². The molecule has 0 bridgehead atoms. The predicted molar refractivity (Wildman–Crippen MR) is 47.7 cm³/mol. The standard InChI is InChI=1S/C9H16O5/c1-11-8(6-10)4-5-9(12-2,13-3)7-14-8/h6H,4-5,7H2,1-3H3. The Balaban J connectivity index is 2.64. The first-order valence-electron chi connectivity index (χ1n) is 4.41. The summed E-state index contributed by atoms with van der Waals surface area (Å²) in [5, 5.41) is 0. The predicted octanol–water partition coefficient (Wildman–Crippen LogP) is 0.327. The van der Waals surface area contributed by atoms with Gasteiger partial charge in [-0.25, -0.2) is 0 Å². The number of hydrogen-bond acceptors (Lipinski definition) is 5. The van der Waals surface area contributed by atoms with Gasteiger partial charge in [-0.1, -0.05) is 0 Å². The van der Waals surface area contributed by atoms with E-state index in [1.807, 2.05) is 0 Å². The SMILES string of the molecule is COC1(C=O)CCC(OC)(OC)CO1. The zero-order valence-corrected chi connectivity index (χ0v) is 8.74. The molecule has 0 aromatic rings. The molecule has 1 aliphatic heterocycles. The Morgan fingerprint density at radius 1 is 1.14 bits per heavy atom. The number of hydrogen-bond donors (Lipinski definition) is 0. The number of methoxy groups -OCH3 is 3. The third-order valence-electron chi connectivity index (χ3n) is 2.66. The fourth-order valence-corrected chi connectivity index (χ4v) is 1.45. The minimum absolute atomic E-state index is 0.187. The van der Waals surface area contributed by atoms with Gasteiger partial charge in [-0.3, -0.25) is 4.79 Å². The molecule has 0 spiro atoms. The van der Waals surface area contributed by atoms with E-state index in [1.165, 1.54) is 7.11 Å². The summed E-state index contributed by atoms with van der Waals surface area (Å²) in [5.41, 5.74) is 0. The average Bonchev–Trinajstić information content (AvgIpc) is 2.29. The summed E-state index contributed by atoms with van der Waals surface area (Å²) in [6, 6.07) is 0. The summed E-state index contributed by atoms with van der Waals surface area (Å²) in [6.07, 6.45) is 1.66. The molecule has 0 saturated carbocycles. The van der Waals surface area contributed by atoms with Gasteiger partial charge in [-0.05, 0) is 0 Å². The molecule has 0 aromatic carbocycles. The molecule has 5 nitrogen and oxygen atoms in total. The van der Waals surface area contributed by atoms with Gasteiger partial charge >= 0.3 is 0 Å². The molecule has 0 amide bonds. The van der Waals surface area contributed by atoms with Gasteiger partial charge in [-0.15, -0.1) is 0 Å². The van der Waals surface area contributed by atoms with Gasteiger partial charge in [0.25, 0.3) is 0 Å². The Bertz CT molecular complexity index is 189. The molecular weight excluding hydrogens is 188 g/mol. The summed E-state index contributed by atoms with van der Waals surface area (Å²) < 4.78 is 20.7. The van der Waals surface area contributed by atoms with Gasteiger partial charge in [0.15, 0.2) is 12.1 Å². The fraction of sp³-hybridized carbons (Fsp3) is 0.889. The van der Waals surface area contributed by atoms with Crippen LogP contribution in [0.4, 0.5) is 0 Å². The van der Waals surface area contributed by atoms with Gasteiger partial charge in [0.2, 0.25) is 5.79 Å². The molecule has 5 heteroatoms. The lowest BCUT2D eigenvalue weighted by Gasteiger charge is -2.41. The first-order chi connectivity index (χ1) is 6.66. The van der Waals surface area contributed by atoms with Crippen LogP contribution in [0.25, 0.3) is 0 Å². The van der Waals surface area contributed by atoms with Crippen LogP contribution in [0.15, 0.2) is 0 Å². The van der Waals surface area contributed by atoms with Crippen molar-refractivity contribution >= 4 is 6.29 Å². The minimum Gasteiger partial charge on any atom is -0.351 e. The summed E-state index contributed by atoms with van der Waals surface area (Å²) in [7, 11) is 4.54. The van der Waals surface area contributed by atoms with Crippen LogP contribution in [0.3, 0.4) is 0 Å². The monoisotopic (exact) mass is 204 g/mol. The van der Waals surface area contributed by atoms with Crippen molar-refractivity contribution in [2.24, 2.45) is 0 Å². The van der Waals surface area contributed by atoms with Gasteiger partial charge in [0.1, 0.15) is 6.61 Å². The highest BCUT2D eigenvalue weighted by Gasteiger charge is 2.44. The molecule has 82 valence electrons. The Hall–Kier alpha value is -0.490. The van der Waals surface area contributed by atoms with Crippen LogP contribution in [0.2, 0.25) is 0 Å². The highest BCUT2D eigenvalue weighted by Crippen LogP contribution is 2.32. The number of carbonyl (C=O) groups excluding carboxylic acids is 1. The second-order valence-corrected chi connectivity index (χ2v) is 3.24. The number of ether oxygens (including phenoxy) is 4. The van der Waals surface area contributed by atoms with Crippen LogP contribution < -0.4 is 0 Å². The molecular formula is C9H16O5. The first kappa shape index (κ1) is 11.6. The molecule has 0 N–H and O–H groups in total. The maximum atomic E-state index is 10.8. The van der Waals surface area contributed by atoms with Crippen molar-refractivity contribution in [3.05, 3.63) is 0 Å². The largest absolute Gasteiger partial charge is 0.351 e. The van der Waals surface area contributed by atoms with E-state index in [0.29, 0.717) is 19.1 Å². The number of rotatable bonds is 4. The van der Waals surface area contributed by atoms with Crippen molar-refractivity contribution < 1.29 is 23.7 Å². The van der Waals surface area contributed by atoms with Crippen molar-refractivity contribution in [2.45, 2.75) is 24.4 Å². The van der Waals surface area contributed by atoms with Crippen molar-refractivity contribution in [2.75, 3.05) is 27.9 Å². The van der Waals surface area contributed by atoms with Gasteiger partial charge in [-0.2, -0.15) is 0 Å². The van der Waals surface area contributed by atoms with Crippen molar-refractivity contribution in [1.29, 1.82) is 0 Å². The zero-order chi connectivity index (χ0) is 10.7. The van der Waals surface area contributed by atoms with Crippen LogP contribution in [-0.2, 0) is 23.7 Å². The van der Waals surface area contributed by atoms with E-state index in [-0.39, 0.29) is 6.61 Å². The lowest BCUT2D eigenvalue weighted by atomic mass is 10.0. The van der Waals surface area contributed by atoms with Crippen LogP contribution >= 0.6 is 0 Å². The maximum Gasteiger partial charge on any atom is 0.225 e. The van der Waals surface area contributed by atoms with E-state index in [0.717, 1.165) is 0 Å². The molecule has 0 aliphatic carbocycles. The fourth-order valence-electron chi connectivity index (χ4n) is 1.45. The minimum atomic E-state index is -1.12. The summed E-state index contributed by atoms with van der Waals surface area (Å²) in [4.78, 5) is 10.8. The van der Waals surface area contributed by atoms with Gasteiger partial charge in [0, 0.05) is 34.2 Å². The van der Waals surface area contributed by atoms with Crippen molar-refractivity contribution in [1.82, 2.24) is 0 Å². The molecule has 1 heterocycles. The molecule has 1 saturated heterocycles. The lowest BCUT2D eigenvalue weighted by molar-refractivity contribution is -0.320. The summed E-state index contributed by atoms with van der Waals surface area (Å²) in [6.45, 7) is 0.187. The third kappa shape index (κ3) is 1.95. The van der Waals surface area contributed by atoms with E-state index in [2.05, 4.69) is 0 Å². The summed E-state index contributed by atoms with van der Waals surface area (Å²) >= 11 is 0. The highest BCUT2D eigenvalue weighted by molar-refractivity contribution is 5.60. The maximum absolute atomic E-state index is 10.8. The second kappa shape index (κ2) is 4.35. The Morgan fingerprint density at radius 2 is 1.79 bits per heavy atom. The second-order valence-electron chi connectivity index (χ2n) is 3.24. The Kier molecular flexibility index (Phi) is 3.60. The van der Waals surface area contributed by atoms with Crippen LogP contribution in [0, 0.1) is 0 Å². The van der Waals surface area contributed by atoms with Crippen LogP contribution in [0.5, 0.6) is 0 Å². The van der Waals surface area contributed by atoms with Crippen LogP contribution in [0.1, 0.15) is 12.8 Å². The Morgan fingerprint density at radius 3 is 2.07 bits per heavy atom. The normalized spacial score (nSPS) is 31.4. The van der Waals surface area contributed by atoms with Crippen molar-refractivity contribution in [3.63, 3.8) is 0 Å². The van der Waals surface area contributed by atoms with E-state index >= 15 is 0 Å². The number of carbonyl (C=O) groups is 1. The molecule has 1 unspecified atom stereocenters. The summed E-state index contributed by atoms with van der Waals surface area (Å²) in [5.74, 6) is -1.87. The lowest BCUT2D eigenvalue weighted by Crippen LogP contribution is -2.52. The zero-order valence-electron chi connectivity index (χ0n) is 8.74. The topological polar surface area (TPSA) is 54.0 Å². The van der Waals surface area contributed by atoms with E-state index in [1.54, 1.807) is 14.2 Å². The molecule has 1 aliphatic rings. The molecule has 1 atom stereocenters. The smallest absolute Gasteiger partial charge is 0.225 e. The molecule has 1 rings (SSSR count). The quantitative estimate of drug-likeness (QED) is 0.488. The molecule has 14 heavy (non-hydrogen) atoms. The third-order valence-corrected chi connectivity index (χ3v) is 2.66. The van der Waals surface area contributed by atoms with E-state index in [9.17, 15) is 4.79 Å². The van der Waals surface area contributed by atoms with E-state index in [4.69, 9.17) is 18.9 Å². The molecule has 0 radical (unpaired) electrons. The van der Waals surface area contributed by atoms with Crippen LogP contribution in [-0.4, -0.2) is 45.8 Å². The highest BCUT2D eigenvalue weighted by atomic mass is 16.7. The average molecular weight is 204 g/mol. The number of aldehydes is 1. The molecule has 1 fully saturated rings. The molecule has 0 aromatic heterocycles. The first-order valence-corrected chi connectivity index (χ1v) is 4.41. The van der Waals surface area contributed by atoms with Gasteiger partial charge < -0.3 is 18.9 Å². The van der Waals surface area contributed by atoms with Gasteiger partial charge in [0.05, 0.1) is 0 Å². The van der Waals surface area contributed by atoms with Crippen molar-refractivity contribution in [3.8, 4) is 0 Å². The Labute approximate surface area is 83.3 Å².